The summed E-state index contributed by atoms with van der Waals surface area (Å²) in [5, 5.41) is 11.7. The van der Waals surface area contributed by atoms with Crippen LogP contribution in [0.4, 0.5) is 0 Å². The number of aromatic nitrogens is 3. The lowest BCUT2D eigenvalue weighted by Crippen LogP contribution is -2.22. The van der Waals surface area contributed by atoms with Gasteiger partial charge in [0.2, 0.25) is 0 Å². The van der Waals surface area contributed by atoms with Crippen molar-refractivity contribution in [3.63, 3.8) is 0 Å². The van der Waals surface area contributed by atoms with Crippen molar-refractivity contribution in [3.8, 4) is 11.5 Å². The van der Waals surface area contributed by atoms with E-state index < -0.39 is 0 Å². The fourth-order valence-corrected chi connectivity index (χ4v) is 3.60. The molecule has 1 N–H and O–H groups in total. The van der Waals surface area contributed by atoms with E-state index in [1.165, 1.54) is 0 Å². The molecule has 0 spiro atoms. The maximum absolute atomic E-state index is 9.95. The van der Waals surface area contributed by atoms with Crippen molar-refractivity contribution in [2.75, 3.05) is 0 Å². The molecule has 0 bridgehead atoms. The smallest absolute Gasteiger partial charge is 0.158 e. The van der Waals surface area contributed by atoms with Gasteiger partial charge in [0.25, 0.3) is 0 Å². The van der Waals surface area contributed by atoms with Crippen LogP contribution in [-0.2, 0) is 0 Å². The van der Waals surface area contributed by atoms with E-state index in [1.807, 2.05) is 42.7 Å². The van der Waals surface area contributed by atoms with Crippen molar-refractivity contribution in [2.24, 2.45) is 0 Å². The standard InChI is InChI=1S/C18H18ClN3O/c19-13-5-7-16-12(10-13)4-6-17(21-16)18-20-8-9-22(18)14-2-1-3-15(23)11-14/h4-10,14-15,23H,1-3,11H2/t14-,15+/m0/s1. The Hall–Kier alpha value is -1.91. The van der Waals surface area contributed by atoms with Crippen LogP contribution in [0.2, 0.25) is 5.02 Å². The maximum Gasteiger partial charge on any atom is 0.158 e. The Morgan fingerprint density at radius 2 is 2.09 bits per heavy atom. The summed E-state index contributed by atoms with van der Waals surface area (Å²) >= 11 is 6.03. The number of pyridine rings is 1. The molecule has 1 aromatic carbocycles. The highest BCUT2D eigenvalue weighted by Gasteiger charge is 2.23. The van der Waals surface area contributed by atoms with E-state index in [0.717, 1.165) is 48.1 Å². The average Bonchev–Trinajstić information content (AvgIpc) is 3.04. The van der Waals surface area contributed by atoms with Gasteiger partial charge < -0.3 is 9.67 Å². The molecule has 0 aliphatic heterocycles. The van der Waals surface area contributed by atoms with E-state index in [0.29, 0.717) is 11.1 Å². The third kappa shape index (κ3) is 2.84. The predicted octanol–water partition coefficient (Wildman–Crippen LogP) is 4.23. The minimum absolute atomic E-state index is 0.212. The molecule has 2 atom stereocenters. The van der Waals surface area contributed by atoms with Crippen molar-refractivity contribution in [1.29, 1.82) is 0 Å². The quantitative estimate of drug-likeness (QED) is 0.766. The van der Waals surface area contributed by atoms with Crippen LogP contribution in [0, 0.1) is 0 Å². The van der Waals surface area contributed by atoms with Gasteiger partial charge in [-0.2, -0.15) is 0 Å². The third-order valence-corrected chi connectivity index (χ3v) is 4.80. The number of aliphatic hydroxyl groups is 1. The zero-order valence-electron chi connectivity index (χ0n) is 12.7. The average molecular weight is 328 g/mol. The molecule has 1 aliphatic carbocycles. The molecular weight excluding hydrogens is 310 g/mol. The van der Waals surface area contributed by atoms with Gasteiger partial charge in [0.15, 0.2) is 5.82 Å². The van der Waals surface area contributed by atoms with Crippen LogP contribution in [0.25, 0.3) is 22.4 Å². The summed E-state index contributed by atoms with van der Waals surface area (Å²) < 4.78 is 2.16. The summed E-state index contributed by atoms with van der Waals surface area (Å²) in [4.78, 5) is 9.23. The van der Waals surface area contributed by atoms with Gasteiger partial charge in [-0.05, 0) is 49.9 Å². The maximum atomic E-state index is 9.95. The van der Waals surface area contributed by atoms with E-state index in [2.05, 4.69) is 9.55 Å². The Balaban J connectivity index is 1.73. The third-order valence-electron chi connectivity index (χ3n) is 4.56. The molecule has 1 aliphatic rings. The van der Waals surface area contributed by atoms with Crippen LogP contribution in [0.15, 0.2) is 42.7 Å². The minimum Gasteiger partial charge on any atom is -0.393 e. The second-order valence-electron chi connectivity index (χ2n) is 6.17. The van der Waals surface area contributed by atoms with Gasteiger partial charge in [-0.3, -0.25) is 0 Å². The molecule has 0 radical (unpaired) electrons. The number of nitrogens with zero attached hydrogens (tertiary/aromatic N) is 3. The molecule has 4 rings (SSSR count). The van der Waals surface area contributed by atoms with Crippen LogP contribution in [0.1, 0.15) is 31.7 Å². The molecular formula is C18H18ClN3O. The number of benzene rings is 1. The first kappa shape index (κ1) is 14.7. The second-order valence-corrected chi connectivity index (χ2v) is 6.60. The van der Waals surface area contributed by atoms with Gasteiger partial charge in [0.1, 0.15) is 5.69 Å². The molecule has 0 saturated heterocycles. The largest absolute Gasteiger partial charge is 0.393 e. The van der Waals surface area contributed by atoms with Crippen molar-refractivity contribution in [1.82, 2.24) is 14.5 Å². The van der Waals surface area contributed by atoms with Crippen molar-refractivity contribution in [3.05, 3.63) is 47.7 Å². The molecule has 1 saturated carbocycles. The summed E-state index contributed by atoms with van der Waals surface area (Å²) in [7, 11) is 0. The van der Waals surface area contributed by atoms with E-state index in [1.54, 1.807) is 0 Å². The van der Waals surface area contributed by atoms with Gasteiger partial charge >= 0.3 is 0 Å². The summed E-state index contributed by atoms with van der Waals surface area (Å²) in [5.41, 5.74) is 1.76. The topological polar surface area (TPSA) is 50.9 Å². The summed E-state index contributed by atoms with van der Waals surface area (Å²) in [6, 6.07) is 10.00. The fourth-order valence-electron chi connectivity index (χ4n) is 3.42. The summed E-state index contributed by atoms with van der Waals surface area (Å²) in [6.45, 7) is 0. The van der Waals surface area contributed by atoms with Gasteiger partial charge in [-0.15, -0.1) is 0 Å². The molecule has 118 valence electrons. The molecule has 2 aromatic heterocycles. The molecule has 3 aromatic rings. The number of halogens is 1. The van der Waals surface area contributed by atoms with Crippen molar-refractivity contribution in [2.45, 2.75) is 37.8 Å². The SMILES string of the molecule is O[C@@H]1CCC[C@H](n2ccnc2-c2ccc3cc(Cl)ccc3n2)C1. The molecule has 4 nitrogen and oxygen atoms in total. The Kier molecular flexibility index (Phi) is 3.79. The predicted molar refractivity (Wildman–Crippen MR) is 91.5 cm³/mol. The minimum atomic E-state index is -0.212. The number of aliphatic hydroxyl groups excluding tert-OH is 1. The van der Waals surface area contributed by atoms with E-state index in [9.17, 15) is 5.11 Å². The van der Waals surface area contributed by atoms with Crippen molar-refractivity contribution < 1.29 is 5.11 Å². The molecule has 2 heterocycles. The highest BCUT2D eigenvalue weighted by molar-refractivity contribution is 6.31. The monoisotopic (exact) mass is 327 g/mol. The summed E-state index contributed by atoms with van der Waals surface area (Å²) in [5.74, 6) is 0.862. The number of rotatable bonds is 2. The number of hydrogen-bond acceptors (Lipinski definition) is 3. The lowest BCUT2D eigenvalue weighted by atomic mass is 9.93. The zero-order valence-corrected chi connectivity index (χ0v) is 13.4. The number of imidazole rings is 1. The first-order valence-electron chi connectivity index (χ1n) is 7.98. The Bertz CT molecular complexity index is 845. The highest BCUT2D eigenvalue weighted by Crippen LogP contribution is 2.32. The fraction of sp³-hybridized carbons (Fsp3) is 0.333. The summed E-state index contributed by atoms with van der Waals surface area (Å²) in [6.07, 6.45) is 7.39. The van der Waals surface area contributed by atoms with Crippen LogP contribution >= 0.6 is 11.6 Å². The Morgan fingerprint density at radius 1 is 1.17 bits per heavy atom. The van der Waals surface area contributed by atoms with Crippen LogP contribution < -0.4 is 0 Å². The number of fused-ring (bicyclic) bond motifs is 1. The Morgan fingerprint density at radius 3 is 2.96 bits per heavy atom. The van der Waals surface area contributed by atoms with E-state index >= 15 is 0 Å². The van der Waals surface area contributed by atoms with Crippen LogP contribution in [-0.4, -0.2) is 25.7 Å². The number of hydrogen-bond donors (Lipinski definition) is 1. The molecule has 1 fully saturated rings. The second kappa shape index (κ2) is 5.95. The highest BCUT2D eigenvalue weighted by atomic mass is 35.5. The van der Waals surface area contributed by atoms with E-state index in [-0.39, 0.29) is 6.10 Å². The lowest BCUT2D eigenvalue weighted by Gasteiger charge is -2.28. The molecule has 0 amide bonds. The van der Waals surface area contributed by atoms with Gasteiger partial charge in [-0.25, -0.2) is 9.97 Å². The van der Waals surface area contributed by atoms with Gasteiger partial charge in [-0.1, -0.05) is 17.7 Å². The normalized spacial score (nSPS) is 21.7. The molecule has 5 heteroatoms. The van der Waals surface area contributed by atoms with Crippen LogP contribution in [0.3, 0.4) is 0 Å². The van der Waals surface area contributed by atoms with Crippen LogP contribution in [0.5, 0.6) is 0 Å². The Labute approximate surface area is 139 Å². The zero-order chi connectivity index (χ0) is 15.8. The molecule has 23 heavy (non-hydrogen) atoms. The molecule has 0 unspecified atom stereocenters. The first-order valence-corrected chi connectivity index (χ1v) is 8.36. The van der Waals surface area contributed by atoms with E-state index in [4.69, 9.17) is 16.6 Å². The lowest BCUT2D eigenvalue weighted by molar-refractivity contribution is 0.104. The van der Waals surface area contributed by atoms with Crippen molar-refractivity contribution >= 4 is 22.5 Å². The van der Waals surface area contributed by atoms with Gasteiger partial charge in [0, 0.05) is 28.8 Å². The first-order chi connectivity index (χ1) is 11.2. The van der Waals surface area contributed by atoms with Gasteiger partial charge in [0.05, 0.1) is 11.6 Å².